The third kappa shape index (κ3) is 4.40. The van der Waals surface area contributed by atoms with Crippen LogP contribution in [0, 0.1) is 11.8 Å². The third-order valence-electron chi connectivity index (χ3n) is 8.56. The van der Waals surface area contributed by atoms with Crippen molar-refractivity contribution < 1.29 is 28.5 Å². The van der Waals surface area contributed by atoms with Crippen molar-refractivity contribution in [2.75, 3.05) is 41.5 Å². The average molecular weight is 506 g/mol. The number of aliphatic hydroxyl groups excluding tert-OH is 1. The summed E-state index contributed by atoms with van der Waals surface area (Å²) in [5, 5.41) is 13.0. The first-order chi connectivity index (χ1) is 18.0. The van der Waals surface area contributed by atoms with Crippen molar-refractivity contribution in [1.29, 1.82) is 0 Å². The van der Waals surface area contributed by atoms with Crippen LogP contribution in [0.2, 0.25) is 0 Å². The number of fused-ring (bicyclic) bond motifs is 4. The lowest BCUT2D eigenvalue weighted by Crippen LogP contribution is -2.67. The molecule has 37 heavy (non-hydrogen) atoms. The summed E-state index contributed by atoms with van der Waals surface area (Å²) in [6.07, 6.45) is 5.32. The Hall–Kier alpha value is -3.29. The van der Waals surface area contributed by atoms with E-state index in [4.69, 9.17) is 18.9 Å². The van der Waals surface area contributed by atoms with Gasteiger partial charge in [0.1, 0.15) is 24.4 Å². The van der Waals surface area contributed by atoms with E-state index in [9.17, 15) is 5.11 Å². The van der Waals surface area contributed by atoms with Gasteiger partial charge in [-0.3, -0.25) is 4.98 Å². The molecule has 1 N–H and O–H groups in total. The van der Waals surface area contributed by atoms with Crippen molar-refractivity contribution in [2.45, 2.75) is 31.5 Å². The molecule has 3 saturated heterocycles. The Morgan fingerprint density at radius 2 is 1.81 bits per heavy atom. The van der Waals surface area contributed by atoms with E-state index in [0.717, 1.165) is 64.7 Å². The second-order valence-electron chi connectivity index (χ2n) is 10.3. The second-order valence-corrected chi connectivity index (χ2v) is 10.3. The van der Waals surface area contributed by atoms with Gasteiger partial charge < -0.3 is 28.5 Å². The van der Waals surface area contributed by atoms with Crippen molar-refractivity contribution in [3.8, 4) is 23.0 Å². The Labute approximate surface area is 218 Å². The van der Waals surface area contributed by atoms with E-state index >= 15 is 0 Å². The van der Waals surface area contributed by atoms with Crippen LogP contribution in [0.4, 0.5) is 0 Å². The van der Waals surface area contributed by atoms with Crippen molar-refractivity contribution in [1.82, 2.24) is 4.98 Å². The van der Waals surface area contributed by atoms with E-state index < -0.39 is 6.10 Å². The highest BCUT2D eigenvalue weighted by molar-refractivity contribution is 5.83. The molecule has 196 valence electrons. The number of quaternary nitrogens is 1. The molecule has 6 rings (SSSR count). The molecule has 0 aliphatic carbocycles. The Morgan fingerprint density at radius 3 is 2.46 bits per heavy atom. The Morgan fingerprint density at radius 1 is 1.05 bits per heavy atom. The zero-order chi connectivity index (χ0) is 26.2. The normalized spacial score (nSPS) is 25.5. The molecule has 0 amide bonds. The van der Waals surface area contributed by atoms with Crippen molar-refractivity contribution in [2.24, 2.45) is 11.8 Å². The molecule has 7 heteroatoms. The number of methoxy groups -OCH3 is 4. The van der Waals surface area contributed by atoms with E-state index in [-0.39, 0.29) is 6.04 Å². The van der Waals surface area contributed by atoms with Crippen molar-refractivity contribution in [3.05, 3.63) is 66.4 Å². The molecule has 0 saturated carbocycles. The number of rotatable bonds is 9. The highest BCUT2D eigenvalue weighted by Crippen LogP contribution is 2.49. The fourth-order valence-corrected chi connectivity index (χ4v) is 6.71. The number of aromatic nitrogens is 1. The van der Waals surface area contributed by atoms with Crippen LogP contribution in [-0.4, -0.2) is 62.1 Å². The van der Waals surface area contributed by atoms with Crippen LogP contribution in [0.1, 0.15) is 30.1 Å². The van der Waals surface area contributed by atoms with Gasteiger partial charge in [0.05, 0.1) is 47.0 Å². The monoisotopic (exact) mass is 505 g/mol. The average Bonchev–Trinajstić information content (AvgIpc) is 2.95. The van der Waals surface area contributed by atoms with E-state index in [1.54, 1.807) is 34.6 Å². The van der Waals surface area contributed by atoms with Gasteiger partial charge in [0, 0.05) is 35.9 Å². The molecule has 3 unspecified atom stereocenters. The number of piperidine rings is 3. The van der Waals surface area contributed by atoms with Crippen LogP contribution < -0.4 is 18.9 Å². The largest absolute Gasteiger partial charge is 0.497 e. The molecule has 3 aliphatic heterocycles. The first kappa shape index (κ1) is 25.4. The first-order valence-corrected chi connectivity index (χ1v) is 12.8. The van der Waals surface area contributed by atoms with Gasteiger partial charge in [-0.2, -0.15) is 0 Å². The van der Waals surface area contributed by atoms with Gasteiger partial charge in [0.2, 0.25) is 5.75 Å². The molecule has 3 aromatic rings. The summed E-state index contributed by atoms with van der Waals surface area (Å²) in [7, 11) is 6.56. The Balaban J connectivity index is 1.57. The molecule has 7 nitrogen and oxygen atoms in total. The van der Waals surface area contributed by atoms with E-state index in [2.05, 4.69) is 17.6 Å². The molecule has 3 aliphatic rings. The fourth-order valence-electron chi connectivity index (χ4n) is 6.71. The van der Waals surface area contributed by atoms with Crippen LogP contribution in [0.3, 0.4) is 0 Å². The number of aliphatic hydroxyl groups is 1. The second kappa shape index (κ2) is 10.2. The summed E-state index contributed by atoms with van der Waals surface area (Å²) in [5.74, 6) is 3.59. The predicted octanol–water partition coefficient (Wildman–Crippen LogP) is 4.91. The summed E-state index contributed by atoms with van der Waals surface area (Å²) in [6, 6.07) is 11.9. The number of nitrogens with zero attached hydrogens (tertiary/aromatic N) is 2. The topological polar surface area (TPSA) is 70.0 Å². The lowest BCUT2D eigenvalue weighted by molar-refractivity contribution is -0.984. The van der Waals surface area contributed by atoms with Gasteiger partial charge in [-0.25, -0.2) is 0 Å². The summed E-state index contributed by atoms with van der Waals surface area (Å²) in [4.78, 5) is 4.53. The lowest BCUT2D eigenvalue weighted by Gasteiger charge is -2.58. The molecule has 2 bridgehead atoms. The number of ether oxygens (including phenoxy) is 4. The quantitative estimate of drug-likeness (QED) is 0.329. The smallest absolute Gasteiger partial charge is 0.203 e. The minimum absolute atomic E-state index is 0.0332. The molecule has 2 aromatic carbocycles. The van der Waals surface area contributed by atoms with Crippen LogP contribution in [0.5, 0.6) is 23.0 Å². The summed E-state index contributed by atoms with van der Waals surface area (Å²) < 4.78 is 23.1. The third-order valence-corrected chi connectivity index (χ3v) is 8.56. The molecular formula is C30H37N2O5+. The highest BCUT2D eigenvalue weighted by atomic mass is 16.5. The number of hydrogen-bond acceptors (Lipinski definition) is 6. The Bertz CT molecular complexity index is 1270. The van der Waals surface area contributed by atoms with Crippen molar-refractivity contribution in [3.63, 3.8) is 0 Å². The zero-order valence-corrected chi connectivity index (χ0v) is 22.1. The van der Waals surface area contributed by atoms with Gasteiger partial charge in [-0.1, -0.05) is 6.08 Å². The predicted molar refractivity (Wildman–Crippen MR) is 143 cm³/mol. The minimum Gasteiger partial charge on any atom is -0.497 e. The molecule has 3 fully saturated rings. The Kier molecular flexibility index (Phi) is 7.01. The fraction of sp³-hybridized carbons (Fsp3) is 0.433. The zero-order valence-electron chi connectivity index (χ0n) is 22.1. The number of pyridine rings is 1. The minimum atomic E-state index is -0.645. The molecule has 5 atom stereocenters. The summed E-state index contributed by atoms with van der Waals surface area (Å²) >= 11 is 0. The summed E-state index contributed by atoms with van der Waals surface area (Å²) in [6.45, 7) is 6.85. The highest BCUT2D eigenvalue weighted by Gasteiger charge is 2.54. The van der Waals surface area contributed by atoms with E-state index in [1.807, 2.05) is 36.4 Å². The van der Waals surface area contributed by atoms with Crippen LogP contribution in [0.15, 0.2) is 55.3 Å². The van der Waals surface area contributed by atoms with Gasteiger partial charge in [-0.15, -0.1) is 6.58 Å². The van der Waals surface area contributed by atoms with E-state index in [1.165, 1.54) is 0 Å². The van der Waals surface area contributed by atoms with Crippen LogP contribution >= 0.6 is 0 Å². The van der Waals surface area contributed by atoms with Gasteiger partial charge in [0.15, 0.2) is 11.5 Å². The maximum absolute atomic E-state index is 12.0. The summed E-state index contributed by atoms with van der Waals surface area (Å²) in [5.41, 5.74) is 2.85. The van der Waals surface area contributed by atoms with Crippen LogP contribution in [0.25, 0.3) is 10.9 Å². The van der Waals surface area contributed by atoms with Gasteiger partial charge in [0.25, 0.3) is 0 Å². The SMILES string of the molecule is C=CC1C[N+]2(Cc3cc(OC)c(OC)c(OC)c3)CCC1C[C@H]2[C@H](O)c1ccnc2ccc(OC)cc12. The lowest BCUT2D eigenvalue weighted by atomic mass is 9.71. The maximum atomic E-state index is 12.0. The number of hydrogen-bond donors (Lipinski definition) is 1. The molecule has 0 radical (unpaired) electrons. The number of benzene rings is 2. The standard InChI is InChI=1S/C30H37N2O5/c1-6-20-18-32(17-19-13-27(35-3)30(37-5)28(14-19)36-4)12-10-21(20)15-26(32)29(33)23-9-11-31-25-8-7-22(34-2)16-24(23)25/h6-9,11,13-14,16,20-21,26,29,33H,1,10,12,15,17-18H2,2-5H3/q+1/t20?,21?,26-,29+,32?/m0/s1. The van der Waals surface area contributed by atoms with Crippen molar-refractivity contribution >= 4 is 10.9 Å². The maximum Gasteiger partial charge on any atom is 0.203 e. The molecule has 1 aromatic heterocycles. The van der Waals surface area contributed by atoms with Crippen LogP contribution in [-0.2, 0) is 6.54 Å². The van der Waals surface area contributed by atoms with Gasteiger partial charge in [-0.05, 0) is 47.9 Å². The molecule has 4 heterocycles. The first-order valence-electron chi connectivity index (χ1n) is 12.8. The molecule has 0 spiro atoms. The molecular weight excluding hydrogens is 468 g/mol. The van der Waals surface area contributed by atoms with E-state index in [0.29, 0.717) is 29.1 Å². The van der Waals surface area contributed by atoms with Gasteiger partial charge >= 0.3 is 0 Å².